The number of furan rings is 1. The van der Waals surface area contributed by atoms with Gasteiger partial charge in [0, 0.05) is 33.8 Å². The molecule has 11 rings (SSSR count). The topological polar surface area (TPSA) is 19.6 Å². The van der Waals surface area contributed by atoms with Crippen LogP contribution in [0.4, 0.5) is 34.5 Å². The fourth-order valence-electron chi connectivity index (χ4n) is 8.52. The van der Waals surface area contributed by atoms with E-state index in [9.17, 15) is 0 Å². The van der Waals surface area contributed by atoms with E-state index in [1.165, 1.54) is 64.6 Å². The Morgan fingerprint density at radius 3 is 1.27 bits per heavy atom. The van der Waals surface area contributed by atoms with Crippen molar-refractivity contribution in [2.45, 2.75) is 6.92 Å². The first-order chi connectivity index (χ1) is 25.7. The van der Waals surface area contributed by atoms with Gasteiger partial charge in [-0.05, 0) is 97.2 Å². The van der Waals surface area contributed by atoms with Gasteiger partial charge < -0.3 is 4.42 Å². The molecule has 0 bridgehead atoms. The van der Waals surface area contributed by atoms with E-state index >= 15 is 0 Å². The van der Waals surface area contributed by atoms with E-state index in [0.29, 0.717) is 0 Å². The molecule has 0 N–H and O–H groups in total. The minimum Gasteiger partial charge on any atom is -0.423 e. The molecule has 52 heavy (non-hydrogen) atoms. The van der Waals surface area contributed by atoms with Crippen LogP contribution in [0.3, 0.4) is 0 Å². The van der Waals surface area contributed by atoms with Gasteiger partial charge in [-0.3, -0.25) is 9.80 Å². The first-order valence-electron chi connectivity index (χ1n) is 17.9. The summed E-state index contributed by atoms with van der Waals surface area (Å²) in [6.45, 7) is 2.15. The van der Waals surface area contributed by atoms with Crippen LogP contribution in [0.15, 0.2) is 180 Å². The third-order valence-electron chi connectivity index (χ3n) is 10.8. The van der Waals surface area contributed by atoms with Gasteiger partial charge in [0.2, 0.25) is 11.8 Å². The Morgan fingerprint density at radius 2 is 0.769 bits per heavy atom. The van der Waals surface area contributed by atoms with Crippen molar-refractivity contribution < 1.29 is 4.42 Å². The molecule has 0 atom stereocenters. The largest absolute Gasteiger partial charge is 0.423 e. The molecule has 0 amide bonds. The number of para-hydroxylation sites is 2. The first-order valence-corrected chi connectivity index (χ1v) is 17.9. The molecule has 244 valence electrons. The zero-order chi connectivity index (χ0) is 34.3. The predicted octanol–water partition coefficient (Wildman–Crippen LogP) is 14.3. The maximum absolute atomic E-state index is 7.19. The molecule has 1 heterocycles. The lowest BCUT2D eigenvalue weighted by Crippen LogP contribution is -2.11. The average molecular weight is 665 g/mol. The highest BCUT2D eigenvalue weighted by Crippen LogP contribution is 2.49. The second-order valence-electron chi connectivity index (χ2n) is 13.8. The summed E-state index contributed by atoms with van der Waals surface area (Å²) in [4.78, 5) is 4.56. The third-order valence-corrected chi connectivity index (χ3v) is 10.8. The smallest absolute Gasteiger partial charge is 0.210 e. The molecule has 0 unspecified atom stereocenters. The van der Waals surface area contributed by atoms with Gasteiger partial charge in [0.1, 0.15) is 0 Å². The van der Waals surface area contributed by atoms with Crippen LogP contribution in [-0.2, 0) is 0 Å². The molecule has 0 saturated heterocycles. The molecule has 3 heteroatoms. The Morgan fingerprint density at radius 1 is 0.365 bits per heavy atom. The SMILES string of the molecule is Cc1cc(N(c2ccccc2)c2ccc3ccc4cccc5ccc2c3c45)oc1N(c1ccccc1)c1ccc2ccc3cccc4ccc1c2c34. The number of anilines is 6. The highest BCUT2D eigenvalue weighted by Gasteiger charge is 2.26. The van der Waals surface area contributed by atoms with Crippen LogP contribution in [0.2, 0.25) is 0 Å². The van der Waals surface area contributed by atoms with Crippen molar-refractivity contribution in [1.29, 1.82) is 0 Å². The van der Waals surface area contributed by atoms with Crippen molar-refractivity contribution in [3.8, 4) is 0 Å². The molecule has 11 aromatic rings. The minimum absolute atomic E-state index is 0.757. The van der Waals surface area contributed by atoms with Gasteiger partial charge >= 0.3 is 0 Å². The number of rotatable bonds is 6. The van der Waals surface area contributed by atoms with Crippen LogP contribution in [0, 0.1) is 6.92 Å². The molecule has 0 radical (unpaired) electrons. The highest BCUT2D eigenvalue weighted by molar-refractivity contribution is 6.27. The molecule has 0 fully saturated rings. The summed E-state index contributed by atoms with van der Waals surface area (Å²) in [6.07, 6.45) is 0. The standard InChI is InChI=1S/C49H32N2O/c1-31-30-44(50(38-14-4-2-5-15-38)42-28-24-36-20-18-32-10-8-12-34-22-26-40(42)47(36)45(32)34)52-49(31)51(39-16-6-3-7-17-39)43-29-25-37-21-19-33-11-9-13-35-23-27-41(43)48(37)46(33)35/h2-30H,1H3. The van der Waals surface area contributed by atoms with Crippen molar-refractivity contribution in [3.63, 3.8) is 0 Å². The molecule has 10 aromatic carbocycles. The zero-order valence-electron chi connectivity index (χ0n) is 28.5. The van der Waals surface area contributed by atoms with E-state index in [1.54, 1.807) is 0 Å². The summed E-state index contributed by atoms with van der Waals surface area (Å²) in [5, 5.41) is 15.0. The molecule has 0 aliphatic rings. The third kappa shape index (κ3) is 4.20. The highest BCUT2D eigenvalue weighted by atomic mass is 16.4. The van der Waals surface area contributed by atoms with Crippen molar-refractivity contribution in [2.75, 3.05) is 9.80 Å². The van der Waals surface area contributed by atoms with Crippen molar-refractivity contribution in [2.24, 2.45) is 0 Å². The molecule has 1 aromatic heterocycles. The number of hydrogen-bond donors (Lipinski definition) is 0. The zero-order valence-corrected chi connectivity index (χ0v) is 28.5. The van der Waals surface area contributed by atoms with Crippen LogP contribution in [0.1, 0.15) is 5.56 Å². The van der Waals surface area contributed by atoms with Crippen LogP contribution >= 0.6 is 0 Å². The average Bonchev–Trinajstić information content (AvgIpc) is 3.57. The molecular weight excluding hydrogens is 633 g/mol. The van der Waals surface area contributed by atoms with Gasteiger partial charge in [0.15, 0.2) is 0 Å². The Hall–Kier alpha value is -6.84. The van der Waals surface area contributed by atoms with Crippen LogP contribution in [0.25, 0.3) is 64.6 Å². The Balaban J connectivity index is 1.16. The molecule has 0 spiro atoms. The van der Waals surface area contributed by atoms with E-state index in [1.807, 2.05) is 0 Å². The summed E-state index contributed by atoms with van der Waals surface area (Å²) in [6, 6.07) is 63.4. The predicted molar refractivity (Wildman–Crippen MR) is 220 cm³/mol. The van der Waals surface area contributed by atoms with Crippen LogP contribution < -0.4 is 9.80 Å². The second kappa shape index (κ2) is 11.1. The van der Waals surface area contributed by atoms with E-state index < -0.39 is 0 Å². The molecule has 3 nitrogen and oxygen atoms in total. The van der Waals surface area contributed by atoms with Crippen molar-refractivity contribution >= 4 is 99.2 Å². The number of benzene rings is 10. The lowest BCUT2D eigenvalue weighted by atomic mass is 9.93. The lowest BCUT2D eigenvalue weighted by Gasteiger charge is -2.27. The van der Waals surface area contributed by atoms with E-state index in [4.69, 9.17) is 4.42 Å². The van der Waals surface area contributed by atoms with E-state index in [2.05, 4.69) is 193 Å². The quantitative estimate of drug-likeness (QED) is 0.165. The lowest BCUT2D eigenvalue weighted by molar-refractivity contribution is 0.579. The maximum atomic E-state index is 7.19. The van der Waals surface area contributed by atoms with E-state index in [0.717, 1.165) is 40.1 Å². The van der Waals surface area contributed by atoms with Gasteiger partial charge in [-0.1, -0.05) is 133 Å². The molecular formula is C49H32N2O. The molecule has 0 aliphatic carbocycles. The Kier molecular flexibility index (Phi) is 6.17. The number of hydrogen-bond acceptors (Lipinski definition) is 3. The van der Waals surface area contributed by atoms with E-state index in [-0.39, 0.29) is 0 Å². The fraction of sp³-hybridized carbons (Fsp3) is 0.0204. The van der Waals surface area contributed by atoms with Gasteiger partial charge in [0.25, 0.3) is 0 Å². The van der Waals surface area contributed by atoms with Gasteiger partial charge in [-0.15, -0.1) is 0 Å². The minimum atomic E-state index is 0.757. The first kappa shape index (κ1) is 28.9. The summed E-state index contributed by atoms with van der Waals surface area (Å²) in [7, 11) is 0. The normalized spacial score (nSPS) is 11.9. The molecule has 0 aliphatic heterocycles. The van der Waals surface area contributed by atoms with Gasteiger partial charge in [-0.25, -0.2) is 0 Å². The maximum Gasteiger partial charge on any atom is 0.210 e. The summed E-state index contributed by atoms with van der Waals surface area (Å²) < 4.78 is 7.19. The van der Waals surface area contributed by atoms with Crippen molar-refractivity contribution in [3.05, 3.63) is 181 Å². The second-order valence-corrected chi connectivity index (χ2v) is 13.8. The van der Waals surface area contributed by atoms with Gasteiger partial charge in [0.05, 0.1) is 11.4 Å². The number of nitrogens with zero attached hydrogens (tertiary/aromatic N) is 2. The number of aryl methyl sites for hydroxylation is 1. The van der Waals surface area contributed by atoms with Gasteiger partial charge in [-0.2, -0.15) is 0 Å². The summed E-state index contributed by atoms with van der Waals surface area (Å²) in [5.74, 6) is 1.54. The Labute approximate surface area is 300 Å². The van der Waals surface area contributed by atoms with Crippen molar-refractivity contribution in [1.82, 2.24) is 0 Å². The van der Waals surface area contributed by atoms with Crippen LogP contribution in [0.5, 0.6) is 0 Å². The van der Waals surface area contributed by atoms with Crippen LogP contribution in [-0.4, -0.2) is 0 Å². The molecule has 0 saturated carbocycles. The Bertz CT molecular complexity index is 3060. The fourth-order valence-corrected chi connectivity index (χ4v) is 8.52. The summed E-state index contributed by atoms with van der Waals surface area (Å²) >= 11 is 0. The monoisotopic (exact) mass is 664 g/mol. The summed E-state index contributed by atoms with van der Waals surface area (Å²) in [5.41, 5.74) is 5.27.